The Bertz CT molecular complexity index is 860. The van der Waals surface area contributed by atoms with Gasteiger partial charge >= 0.3 is 0 Å². The molecule has 1 amide bonds. The highest BCUT2D eigenvalue weighted by molar-refractivity contribution is 7.16. The molecule has 0 spiro atoms. The lowest BCUT2D eigenvalue weighted by atomic mass is 9.89. The molecule has 0 bridgehead atoms. The molecular weight excluding hydrogens is 366 g/mol. The summed E-state index contributed by atoms with van der Waals surface area (Å²) in [7, 11) is 0. The number of nitriles is 1. The highest BCUT2D eigenvalue weighted by Gasteiger charge is 2.23. The zero-order chi connectivity index (χ0) is 19.3. The van der Waals surface area contributed by atoms with Gasteiger partial charge in [-0.15, -0.1) is 11.3 Å². The number of likely N-dealkylation sites (tertiary alicyclic amines) is 1. The molecule has 2 aliphatic rings. The molecule has 0 radical (unpaired) electrons. The van der Waals surface area contributed by atoms with E-state index in [2.05, 4.69) is 46.6 Å². The van der Waals surface area contributed by atoms with Crippen LogP contribution in [-0.4, -0.2) is 30.4 Å². The van der Waals surface area contributed by atoms with Gasteiger partial charge in [-0.2, -0.15) is 5.26 Å². The van der Waals surface area contributed by atoms with Crippen molar-refractivity contribution < 1.29 is 4.79 Å². The predicted molar refractivity (Wildman–Crippen MR) is 114 cm³/mol. The number of carbonyl (C=O) groups excluding carboxylic acids is 1. The van der Waals surface area contributed by atoms with E-state index in [9.17, 15) is 10.1 Å². The number of thiophene rings is 1. The second-order valence-electron chi connectivity index (χ2n) is 7.85. The summed E-state index contributed by atoms with van der Waals surface area (Å²) < 4.78 is 0. The third-order valence-corrected chi connectivity index (χ3v) is 7.26. The predicted octanol–water partition coefficient (Wildman–Crippen LogP) is 4.71. The molecule has 1 fully saturated rings. The molecule has 1 aliphatic carbocycles. The summed E-state index contributed by atoms with van der Waals surface area (Å²) in [6.07, 6.45) is 7.14. The third kappa shape index (κ3) is 4.29. The number of hydrogen-bond acceptors (Lipinski definition) is 4. The maximum absolute atomic E-state index is 12.5. The van der Waals surface area contributed by atoms with Crippen LogP contribution in [-0.2, 0) is 17.6 Å². The highest BCUT2D eigenvalue weighted by Crippen LogP contribution is 2.37. The van der Waals surface area contributed by atoms with Gasteiger partial charge in [0.15, 0.2) is 0 Å². The van der Waals surface area contributed by atoms with E-state index in [0.29, 0.717) is 17.9 Å². The largest absolute Gasteiger partial charge is 0.317 e. The van der Waals surface area contributed by atoms with Crippen molar-refractivity contribution in [3.05, 3.63) is 51.9 Å². The molecule has 1 N–H and O–H groups in total. The number of piperidine rings is 1. The Labute approximate surface area is 171 Å². The number of nitrogens with one attached hydrogen (secondary N) is 1. The Morgan fingerprint density at radius 1 is 1.18 bits per heavy atom. The first-order valence-corrected chi connectivity index (χ1v) is 11.2. The summed E-state index contributed by atoms with van der Waals surface area (Å²) in [5, 5.41) is 13.3. The van der Waals surface area contributed by atoms with Gasteiger partial charge in [-0.25, -0.2) is 0 Å². The summed E-state index contributed by atoms with van der Waals surface area (Å²) in [6, 6.07) is 13.1. The molecule has 146 valence electrons. The Morgan fingerprint density at radius 3 is 2.68 bits per heavy atom. The van der Waals surface area contributed by atoms with Crippen LogP contribution in [0.3, 0.4) is 0 Å². The minimum Gasteiger partial charge on any atom is -0.317 e. The zero-order valence-corrected chi connectivity index (χ0v) is 17.1. The number of anilines is 1. The monoisotopic (exact) mass is 393 g/mol. The summed E-state index contributed by atoms with van der Waals surface area (Å²) in [6.45, 7) is 2.88. The highest BCUT2D eigenvalue weighted by atomic mass is 32.1. The fourth-order valence-electron chi connectivity index (χ4n) is 4.44. The second-order valence-corrected chi connectivity index (χ2v) is 8.96. The number of amides is 1. The van der Waals surface area contributed by atoms with Crippen LogP contribution in [0.1, 0.15) is 59.6 Å². The van der Waals surface area contributed by atoms with E-state index in [1.54, 1.807) is 11.3 Å². The van der Waals surface area contributed by atoms with Gasteiger partial charge < -0.3 is 10.2 Å². The van der Waals surface area contributed by atoms with E-state index in [4.69, 9.17) is 0 Å². The molecule has 1 aromatic carbocycles. The van der Waals surface area contributed by atoms with Gasteiger partial charge in [-0.1, -0.05) is 30.3 Å². The van der Waals surface area contributed by atoms with Crippen LogP contribution in [0.5, 0.6) is 0 Å². The molecule has 2 heterocycles. The van der Waals surface area contributed by atoms with Crippen molar-refractivity contribution in [2.24, 2.45) is 0 Å². The van der Waals surface area contributed by atoms with Crippen molar-refractivity contribution in [3.63, 3.8) is 0 Å². The van der Waals surface area contributed by atoms with Crippen LogP contribution in [0.25, 0.3) is 0 Å². The molecule has 5 heteroatoms. The van der Waals surface area contributed by atoms with Gasteiger partial charge in [0.25, 0.3) is 0 Å². The third-order valence-electron chi connectivity index (χ3n) is 6.05. The quantitative estimate of drug-likeness (QED) is 0.800. The number of fused-ring (bicyclic) bond motifs is 1. The minimum atomic E-state index is 0.0280. The van der Waals surface area contributed by atoms with E-state index in [1.165, 1.54) is 22.4 Å². The molecule has 1 aliphatic heterocycles. The van der Waals surface area contributed by atoms with Crippen LogP contribution < -0.4 is 5.32 Å². The van der Waals surface area contributed by atoms with Gasteiger partial charge in [0.05, 0.1) is 5.56 Å². The van der Waals surface area contributed by atoms with Crippen LogP contribution in [0.15, 0.2) is 30.3 Å². The van der Waals surface area contributed by atoms with E-state index in [-0.39, 0.29) is 5.91 Å². The molecule has 4 rings (SSSR count). The Balaban J connectivity index is 1.27. The first kappa shape index (κ1) is 19.2. The topological polar surface area (TPSA) is 56.1 Å². The maximum atomic E-state index is 12.5. The smallest absolute Gasteiger partial charge is 0.226 e. The normalized spacial score (nSPS) is 17.7. The summed E-state index contributed by atoms with van der Waals surface area (Å²) >= 11 is 1.61. The summed E-state index contributed by atoms with van der Waals surface area (Å²) in [5.74, 6) is 0.669. The number of aryl methyl sites for hydroxylation is 1. The van der Waals surface area contributed by atoms with Gasteiger partial charge in [-0.3, -0.25) is 4.79 Å². The van der Waals surface area contributed by atoms with Gasteiger partial charge in [-0.05, 0) is 68.7 Å². The van der Waals surface area contributed by atoms with Crippen molar-refractivity contribution in [1.29, 1.82) is 5.26 Å². The van der Waals surface area contributed by atoms with Crippen LogP contribution in [0, 0.1) is 11.3 Å². The molecule has 28 heavy (non-hydrogen) atoms. The van der Waals surface area contributed by atoms with Crippen LogP contribution in [0.4, 0.5) is 5.00 Å². The number of nitrogens with zero attached hydrogens (tertiary/aromatic N) is 2. The lowest BCUT2D eigenvalue weighted by molar-refractivity contribution is -0.116. The zero-order valence-electron chi connectivity index (χ0n) is 16.2. The Hall–Kier alpha value is -2.16. The SMILES string of the molecule is N#Cc1c(NC(=O)CCN2CCC(c3ccccc3)CC2)sc2c1CCCC2. The van der Waals surface area contributed by atoms with E-state index < -0.39 is 0 Å². The van der Waals surface area contributed by atoms with E-state index >= 15 is 0 Å². The summed E-state index contributed by atoms with van der Waals surface area (Å²) in [4.78, 5) is 16.2. The number of rotatable bonds is 5. The molecule has 0 atom stereocenters. The van der Waals surface area contributed by atoms with Crippen molar-refractivity contribution in [2.45, 2.75) is 50.9 Å². The van der Waals surface area contributed by atoms with Crippen LogP contribution in [0.2, 0.25) is 0 Å². The fourth-order valence-corrected chi connectivity index (χ4v) is 5.69. The second kappa shape index (κ2) is 8.89. The maximum Gasteiger partial charge on any atom is 0.226 e. The Morgan fingerprint density at radius 2 is 1.93 bits per heavy atom. The standard InChI is InChI=1S/C23H27N3OS/c24-16-20-19-8-4-5-9-21(19)28-23(20)25-22(27)12-15-26-13-10-18(11-14-26)17-6-2-1-3-7-17/h1-3,6-7,18H,4-5,8-15H2,(H,25,27). The van der Waals surface area contributed by atoms with Crippen molar-refractivity contribution in [3.8, 4) is 6.07 Å². The molecule has 0 saturated carbocycles. The summed E-state index contributed by atoms with van der Waals surface area (Å²) in [5.41, 5.74) is 3.32. The average molecular weight is 394 g/mol. The average Bonchev–Trinajstić information content (AvgIpc) is 3.10. The van der Waals surface area contributed by atoms with Crippen molar-refractivity contribution in [2.75, 3.05) is 25.0 Å². The minimum absolute atomic E-state index is 0.0280. The van der Waals surface area contributed by atoms with Gasteiger partial charge in [0.1, 0.15) is 11.1 Å². The van der Waals surface area contributed by atoms with E-state index in [1.807, 2.05) is 0 Å². The molecule has 1 aromatic heterocycles. The molecule has 4 nitrogen and oxygen atoms in total. The van der Waals surface area contributed by atoms with Crippen LogP contribution >= 0.6 is 11.3 Å². The first-order chi connectivity index (χ1) is 13.7. The number of carbonyl (C=O) groups is 1. The molecular formula is C23H27N3OS. The lowest BCUT2D eigenvalue weighted by Gasteiger charge is -2.32. The first-order valence-electron chi connectivity index (χ1n) is 10.4. The molecule has 0 unspecified atom stereocenters. The number of hydrogen-bond donors (Lipinski definition) is 1. The van der Waals surface area contributed by atoms with Gasteiger partial charge in [0, 0.05) is 17.8 Å². The fraction of sp³-hybridized carbons (Fsp3) is 0.478. The van der Waals surface area contributed by atoms with E-state index in [0.717, 1.165) is 56.7 Å². The number of benzene rings is 1. The molecule has 2 aromatic rings. The van der Waals surface area contributed by atoms with Crippen molar-refractivity contribution >= 4 is 22.2 Å². The Kier molecular flexibility index (Phi) is 6.09. The lowest BCUT2D eigenvalue weighted by Crippen LogP contribution is -2.35. The molecule has 1 saturated heterocycles. The van der Waals surface area contributed by atoms with Gasteiger partial charge in [0.2, 0.25) is 5.91 Å². The van der Waals surface area contributed by atoms with Crippen molar-refractivity contribution in [1.82, 2.24) is 4.90 Å².